The molecule has 1 aliphatic heterocycles. The Morgan fingerprint density at radius 2 is 1.76 bits per heavy atom. The summed E-state index contributed by atoms with van der Waals surface area (Å²) in [6, 6.07) is 7.74. The number of rotatable bonds is 4. The van der Waals surface area contributed by atoms with E-state index in [-0.39, 0.29) is 30.3 Å². The summed E-state index contributed by atoms with van der Waals surface area (Å²) in [5, 5.41) is 8.77. The molecule has 2 amide bonds. The summed E-state index contributed by atoms with van der Waals surface area (Å²) in [6.07, 6.45) is 4.89. The topological polar surface area (TPSA) is 87.5 Å². The van der Waals surface area contributed by atoms with Gasteiger partial charge in [-0.1, -0.05) is 24.3 Å². The van der Waals surface area contributed by atoms with Gasteiger partial charge in [0.05, 0.1) is 23.5 Å². The van der Waals surface area contributed by atoms with Crippen molar-refractivity contribution in [3.8, 4) is 6.07 Å². The molecule has 2 aliphatic rings. The molecule has 1 fully saturated rings. The Hall–Kier alpha value is -2.94. The lowest BCUT2D eigenvalue weighted by Crippen LogP contribution is -2.44. The van der Waals surface area contributed by atoms with E-state index in [1.54, 1.807) is 24.3 Å². The summed E-state index contributed by atoms with van der Waals surface area (Å²) < 4.78 is 5.24. The van der Waals surface area contributed by atoms with Crippen LogP contribution in [-0.2, 0) is 25.7 Å². The predicted octanol–water partition coefficient (Wildman–Crippen LogP) is 1.94. The number of nitrogens with zero attached hydrogens (tertiary/aromatic N) is 2. The summed E-state index contributed by atoms with van der Waals surface area (Å²) in [7, 11) is 0. The molecular weight excluding hydrogens is 320 g/mol. The second kappa shape index (κ2) is 6.89. The molecule has 1 saturated heterocycles. The van der Waals surface area contributed by atoms with Gasteiger partial charge < -0.3 is 4.74 Å². The van der Waals surface area contributed by atoms with Gasteiger partial charge in [0.25, 0.3) is 0 Å². The molecule has 6 heteroatoms. The second-order valence-electron chi connectivity index (χ2n) is 6.29. The van der Waals surface area contributed by atoms with Gasteiger partial charge in [-0.3, -0.25) is 14.5 Å². The molecule has 0 unspecified atom stereocenters. The fourth-order valence-corrected chi connectivity index (χ4v) is 3.26. The maximum Gasteiger partial charge on any atom is 0.329 e. The van der Waals surface area contributed by atoms with Gasteiger partial charge in [0.2, 0.25) is 11.8 Å². The minimum atomic E-state index is -0.941. The number of carbonyl (C=O) groups excluding carboxylic acids is 3. The minimum absolute atomic E-state index is 0.0273. The molecule has 1 aromatic rings. The summed E-state index contributed by atoms with van der Waals surface area (Å²) in [6.45, 7) is 1.54. The Bertz CT molecular complexity index is 750. The lowest BCUT2D eigenvalue weighted by atomic mass is 9.85. The summed E-state index contributed by atoms with van der Waals surface area (Å²) in [4.78, 5) is 38.3. The van der Waals surface area contributed by atoms with Gasteiger partial charge in [-0.15, -0.1) is 0 Å². The number of hydrogen-bond acceptors (Lipinski definition) is 5. The number of imide groups is 1. The molecule has 0 radical (unpaired) electrons. The Labute approximate surface area is 145 Å². The third kappa shape index (κ3) is 3.18. The van der Waals surface area contributed by atoms with Crippen LogP contribution in [0, 0.1) is 23.2 Å². The number of amides is 2. The van der Waals surface area contributed by atoms with E-state index in [9.17, 15) is 14.4 Å². The molecule has 1 aliphatic carbocycles. The van der Waals surface area contributed by atoms with E-state index in [1.807, 2.05) is 18.2 Å². The van der Waals surface area contributed by atoms with Crippen molar-refractivity contribution in [2.24, 2.45) is 11.8 Å². The van der Waals surface area contributed by atoms with Crippen LogP contribution in [0.25, 0.3) is 0 Å². The summed E-state index contributed by atoms with van der Waals surface area (Å²) in [5.41, 5.74) is 1.25. The van der Waals surface area contributed by atoms with E-state index in [4.69, 9.17) is 10.00 Å². The molecule has 0 spiro atoms. The highest BCUT2D eigenvalue weighted by molar-refractivity contribution is 6.08. The Morgan fingerprint density at radius 3 is 2.28 bits per heavy atom. The van der Waals surface area contributed by atoms with Crippen LogP contribution >= 0.6 is 0 Å². The molecule has 3 atom stereocenters. The molecule has 0 saturated carbocycles. The van der Waals surface area contributed by atoms with Crippen molar-refractivity contribution in [3.63, 3.8) is 0 Å². The van der Waals surface area contributed by atoms with E-state index >= 15 is 0 Å². The smallest absolute Gasteiger partial charge is 0.329 e. The number of nitriles is 1. The van der Waals surface area contributed by atoms with Crippen LogP contribution in [-0.4, -0.2) is 28.7 Å². The van der Waals surface area contributed by atoms with Crippen LogP contribution in [0.1, 0.15) is 30.9 Å². The van der Waals surface area contributed by atoms with Crippen molar-refractivity contribution < 1.29 is 19.1 Å². The number of benzene rings is 1. The Morgan fingerprint density at radius 1 is 1.20 bits per heavy atom. The molecule has 1 heterocycles. The average Bonchev–Trinajstić information content (AvgIpc) is 2.90. The van der Waals surface area contributed by atoms with Crippen LogP contribution in [0.3, 0.4) is 0 Å². The van der Waals surface area contributed by atoms with Crippen molar-refractivity contribution in [1.29, 1.82) is 5.26 Å². The first-order valence-corrected chi connectivity index (χ1v) is 8.20. The number of hydrogen-bond donors (Lipinski definition) is 0. The lowest BCUT2D eigenvalue weighted by Gasteiger charge is -2.21. The van der Waals surface area contributed by atoms with Crippen LogP contribution in [0.2, 0.25) is 0 Å². The Kier molecular flexibility index (Phi) is 4.66. The molecule has 0 aromatic heterocycles. The lowest BCUT2D eigenvalue weighted by molar-refractivity contribution is -0.159. The van der Waals surface area contributed by atoms with Crippen molar-refractivity contribution in [2.75, 3.05) is 0 Å². The van der Waals surface area contributed by atoms with Gasteiger partial charge in [-0.05, 0) is 37.5 Å². The quantitative estimate of drug-likeness (QED) is 0.476. The van der Waals surface area contributed by atoms with E-state index in [2.05, 4.69) is 0 Å². The number of esters is 1. The van der Waals surface area contributed by atoms with Crippen LogP contribution < -0.4 is 0 Å². The maximum atomic E-state index is 12.5. The highest BCUT2D eigenvalue weighted by Crippen LogP contribution is 2.36. The molecule has 3 rings (SSSR count). The zero-order valence-electron chi connectivity index (χ0n) is 13.8. The van der Waals surface area contributed by atoms with E-state index in [0.29, 0.717) is 18.4 Å². The largest absolute Gasteiger partial charge is 0.459 e. The third-order valence-corrected chi connectivity index (χ3v) is 4.73. The maximum absolute atomic E-state index is 12.5. The molecule has 25 heavy (non-hydrogen) atoms. The summed E-state index contributed by atoms with van der Waals surface area (Å²) in [5.74, 6) is -1.90. The second-order valence-corrected chi connectivity index (χ2v) is 6.29. The van der Waals surface area contributed by atoms with Crippen LogP contribution in [0.4, 0.5) is 0 Å². The normalized spacial score (nSPS) is 23.1. The first kappa shape index (κ1) is 16.9. The van der Waals surface area contributed by atoms with Gasteiger partial charge in [0, 0.05) is 0 Å². The monoisotopic (exact) mass is 338 g/mol. The zero-order chi connectivity index (χ0) is 18.0. The van der Waals surface area contributed by atoms with Gasteiger partial charge in [0.1, 0.15) is 12.6 Å². The van der Waals surface area contributed by atoms with Crippen molar-refractivity contribution in [1.82, 2.24) is 4.90 Å². The standard InChI is InChI=1S/C19H18N2O4/c1-12(19(24)25-11-14-8-6-13(10-20)7-9-14)21-17(22)15-4-2-3-5-16(15)18(21)23/h2-3,6-9,12,15-16H,4-5,11H2,1H3/t12-,15-,16-/m0/s1. The molecule has 1 aromatic carbocycles. The van der Waals surface area contributed by atoms with Gasteiger partial charge in [0.15, 0.2) is 0 Å². The highest BCUT2D eigenvalue weighted by atomic mass is 16.5. The van der Waals surface area contributed by atoms with Crippen LogP contribution in [0.15, 0.2) is 36.4 Å². The fourth-order valence-electron chi connectivity index (χ4n) is 3.26. The number of likely N-dealkylation sites (tertiary alicyclic amines) is 1. The highest BCUT2D eigenvalue weighted by Gasteiger charge is 2.50. The molecule has 6 nitrogen and oxygen atoms in total. The molecule has 0 bridgehead atoms. The van der Waals surface area contributed by atoms with Gasteiger partial charge >= 0.3 is 5.97 Å². The number of allylic oxidation sites excluding steroid dienone is 2. The predicted molar refractivity (Wildman–Crippen MR) is 87.6 cm³/mol. The first-order chi connectivity index (χ1) is 12.0. The first-order valence-electron chi connectivity index (χ1n) is 8.20. The molecule has 0 N–H and O–H groups in total. The van der Waals surface area contributed by atoms with Crippen molar-refractivity contribution in [2.45, 2.75) is 32.4 Å². The fraction of sp³-hybridized carbons (Fsp3) is 0.368. The number of fused-ring (bicyclic) bond motifs is 1. The minimum Gasteiger partial charge on any atom is -0.459 e. The molecule has 128 valence electrons. The SMILES string of the molecule is C[C@@H](C(=O)OCc1ccc(C#N)cc1)N1C(=O)[C@H]2CC=CC[C@@H]2C1=O. The summed E-state index contributed by atoms with van der Waals surface area (Å²) >= 11 is 0. The van der Waals surface area contributed by atoms with Crippen LogP contribution in [0.5, 0.6) is 0 Å². The average molecular weight is 338 g/mol. The number of carbonyl (C=O) groups is 3. The van der Waals surface area contributed by atoms with Gasteiger partial charge in [-0.25, -0.2) is 4.79 Å². The number of ether oxygens (including phenoxy) is 1. The van der Waals surface area contributed by atoms with Crippen molar-refractivity contribution in [3.05, 3.63) is 47.5 Å². The third-order valence-electron chi connectivity index (χ3n) is 4.73. The van der Waals surface area contributed by atoms with Gasteiger partial charge in [-0.2, -0.15) is 5.26 Å². The van der Waals surface area contributed by atoms with Crippen molar-refractivity contribution >= 4 is 17.8 Å². The van der Waals surface area contributed by atoms with E-state index in [0.717, 1.165) is 10.5 Å². The van der Waals surface area contributed by atoms with E-state index < -0.39 is 12.0 Å². The molecular formula is C19H18N2O4. The van der Waals surface area contributed by atoms with E-state index in [1.165, 1.54) is 6.92 Å². The Balaban J connectivity index is 1.63. The zero-order valence-corrected chi connectivity index (χ0v) is 13.8.